The molecule has 0 aliphatic rings. The van der Waals surface area contributed by atoms with E-state index in [1.54, 1.807) is 10.9 Å². The number of pyridine rings is 1. The minimum Gasteiger partial charge on any atom is -0.384 e. The normalized spacial score (nSPS) is 12.8. The number of aliphatic hydroxyl groups is 1. The van der Waals surface area contributed by atoms with Gasteiger partial charge in [0.2, 0.25) is 0 Å². The molecule has 4 nitrogen and oxygen atoms in total. The highest BCUT2D eigenvalue weighted by molar-refractivity contribution is 5.82. The zero-order chi connectivity index (χ0) is 14.1. The zero-order valence-corrected chi connectivity index (χ0v) is 11.6. The van der Waals surface area contributed by atoms with Crippen LogP contribution in [-0.2, 0) is 13.5 Å². The van der Waals surface area contributed by atoms with Gasteiger partial charge in [0, 0.05) is 30.4 Å². The first-order valence-electron chi connectivity index (χ1n) is 6.75. The molecule has 3 rings (SSSR count). The lowest BCUT2D eigenvalue weighted by atomic mass is 9.97. The number of fused-ring (bicyclic) bond motifs is 1. The summed E-state index contributed by atoms with van der Waals surface area (Å²) in [6.45, 7) is 2.04. The molecule has 0 aliphatic heterocycles. The SMILES string of the molecule is CCc1nn(C)cc1C(O)c1cccc2ncccc12. The van der Waals surface area contributed by atoms with E-state index in [1.165, 1.54) is 0 Å². The van der Waals surface area contributed by atoms with E-state index in [-0.39, 0.29) is 0 Å². The van der Waals surface area contributed by atoms with Crippen LogP contribution in [-0.4, -0.2) is 19.9 Å². The van der Waals surface area contributed by atoms with Gasteiger partial charge in [-0.15, -0.1) is 0 Å². The van der Waals surface area contributed by atoms with Crippen LogP contribution >= 0.6 is 0 Å². The molecule has 0 fully saturated rings. The van der Waals surface area contributed by atoms with Gasteiger partial charge in [0.1, 0.15) is 6.10 Å². The number of aliphatic hydroxyl groups excluding tert-OH is 1. The van der Waals surface area contributed by atoms with Gasteiger partial charge in [-0.05, 0) is 24.1 Å². The van der Waals surface area contributed by atoms with Gasteiger partial charge in [0.15, 0.2) is 0 Å². The van der Waals surface area contributed by atoms with Crippen molar-refractivity contribution in [2.75, 3.05) is 0 Å². The summed E-state index contributed by atoms with van der Waals surface area (Å²) >= 11 is 0. The molecule has 0 saturated heterocycles. The Kier molecular flexibility index (Phi) is 3.24. The van der Waals surface area contributed by atoms with E-state index < -0.39 is 6.10 Å². The van der Waals surface area contributed by atoms with Crippen LogP contribution in [0.2, 0.25) is 0 Å². The molecule has 0 saturated carbocycles. The summed E-state index contributed by atoms with van der Waals surface area (Å²) in [6, 6.07) is 9.71. The Labute approximate surface area is 117 Å². The molecule has 1 aromatic carbocycles. The highest BCUT2D eigenvalue weighted by Crippen LogP contribution is 2.29. The van der Waals surface area contributed by atoms with Crippen molar-refractivity contribution in [3.8, 4) is 0 Å². The van der Waals surface area contributed by atoms with Gasteiger partial charge in [-0.3, -0.25) is 9.67 Å². The molecule has 0 spiro atoms. The van der Waals surface area contributed by atoms with Crippen molar-refractivity contribution in [1.29, 1.82) is 0 Å². The van der Waals surface area contributed by atoms with E-state index >= 15 is 0 Å². The van der Waals surface area contributed by atoms with Crippen LogP contribution in [0.5, 0.6) is 0 Å². The molecule has 2 heterocycles. The molecule has 0 amide bonds. The standard InChI is InChI=1S/C16H17N3O/c1-3-14-13(10-19(2)18-14)16(20)12-6-4-8-15-11(12)7-5-9-17-15/h4-10,16,20H,3H2,1-2H3. The molecular weight excluding hydrogens is 250 g/mol. The largest absolute Gasteiger partial charge is 0.384 e. The van der Waals surface area contributed by atoms with Crippen LogP contribution in [0.4, 0.5) is 0 Å². The van der Waals surface area contributed by atoms with E-state index in [9.17, 15) is 5.11 Å². The first-order valence-corrected chi connectivity index (χ1v) is 6.75. The minimum absolute atomic E-state index is 0.674. The molecule has 1 N–H and O–H groups in total. The van der Waals surface area contributed by atoms with Crippen molar-refractivity contribution in [2.45, 2.75) is 19.4 Å². The summed E-state index contributed by atoms with van der Waals surface area (Å²) in [5.74, 6) is 0. The first kappa shape index (κ1) is 12.8. The summed E-state index contributed by atoms with van der Waals surface area (Å²) in [7, 11) is 1.88. The van der Waals surface area contributed by atoms with Crippen LogP contribution in [0.1, 0.15) is 29.8 Å². The number of rotatable bonds is 3. The average molecular weight is 267 g/mol. The maximum atomic E-state index is 10.7. The van der Waals surface area contributed by atoms with Crippen molar-refractivity contribution in [3.05, 3.63) is 59.5 Å². The molecule has 4 heteroatoms. The summed E-state index contributed by atoms with van der Waals surface area (Å²) in [5.41, 5.74) is 3.57. The molecular formula is C16H17N3O. The maximum absolute atomic E-state index is 10.7. The molecule has 102 valence electrons. The summed E-state index contributed by atoms with van der Waals surface area (Å²) in [6.07, 6.45) is 3.78. The average Bonchev–Trinajstić information content (AvgIpc) is 2.87. The van der Waals surface area contributed by atoms with Crippen molar-refractivity contribution in [3.63, 3.8) is 0 Å². The summed E-state index contributed by atoms with van der Waals surface area (Å²) < 4.78 is 1.75. The fraction of sp³-hybridized carbons (Fsp3) is 0.250. The first-order chi connectivity index (χ1) is 9.70. The smallest absolute Gasteiger partial charge is 0.108 e. The quantitative estimate of drug-likeness (QED) is 0.793. The van der Waals surface area contributed by atoms with Gasteiger partial charge in [-0.2, -0.15) is 5.10 Å². The third-order valence-electron chi connectivity index (χ3n) is 3.54. The second-order valence-electron chi connectivity index (χ2n) is 4.88. The number of hydrogen-bond acceptors (Lipinski definition) is 3. The number of nitrogens with zero attached hydrogens (tertiary/aromatic N) is 3. The molecule has 2 aromatic heterocycles. The molecule has 20 heavy (non-hydrogen) atoms. The number of hydrogen-bond donors (Lipinski definition) is 1. The minimum atomic E-state index is -0.674. The van der Waals surface area contributed by atoms with Crippen LogP contribution in [0, 0.1) is 0 Å². The monoisotopic (exact) mass is 267 g/mol. The van der Waals surface area contributed by atoms with Crippen molar-refractivity contribution in [1.82, 2.24) is 14.8 Å². The van der Waals surface area contributed by atoms with Gasteiger partial charge in [0.05, 0.1) is 11.2 Å². The number of aryl methyl sites for hydroxylation is 2. The van der Waals surface area contributed by atoms with Crippen LogP contribution in [0.3, 0.4) is 0 Å². The van der Waals surface area contributed by atoms with Gasteiger partial charge in [0.25, 0.3) is 0 Å². The third-order valence-corrected chi connectivity index (χ3v) is 3.54. The van der Waals surface area contributed by atoms with Crippen molar-refractivity contribution < 1.29 is 5.11 Å². The van der Waals surface area contributed by atoms with E-state index in [0.29, 0.717) is 0 Å². The van der Waals surface area contributed by atoms with E-state index in [0.717, 1.165) is 34.1 Å². The zero-order valence-electron chi connectivity index (χ0n) is 11.6. The molecule has 1 unspecified atom stereocenters. The lowest BCUT2D eigenvalue weighted by Crippen LogP contribution is -2.02. The Hall–Kier alpha value is -2.20. The summed E-state index contributed by atoms with van der Waals surface area (Å²) in [4.78, 5) is 4.33. The van der Waals surface area contributed by atoms with Crippen molar-refractivity contribution >= 4 is 10.9 Å². The molecule has 0 aliphatic carbocycles. The fourth-order valence-corrected chi connectivity index (χ4v) is 2.59. The number of benzene rings is 1. The maximum Gasteiger partial charge on any atom is 0.108 e. The Balaban J connectivity index is 2.15. The van der Waals surface area contributed by atoms with Gasteiger partial charge >= 0.3 is 0 Å². The Morgan fingerprint density at radius 3 is 2.85 bits per heavy atom. The molecule has 3 aromatic rings. The molecule has 0 bridgehead atoms. The highest BCUT2D eigenvalue weighted by Gasteiger charge is 2.19. The van der Waals surface area contributed by atoms with Crippen molar-refractivity contribution in [2.24, 2.45) is 7.05 Å². The lowest BCUT2D eigenvalue weighted by Gasteiger charge is -2.13. The fourth-order valence-electron chi connectivity index (χ4n) is 2.59. The lowest BCUT2D eigenvalue weighted by molar-refractivity contribution is 0.220. The second kappa shape index (κ2) is 5.06. The van der Waals surface area contributed by atoms with Crippen LogP contribution in [0.25, 0.3) is 10.9 Å². The highest BCUT2D eigenvalue weighted by atomic mass is 16.3. The third kappa shape index (κ3) is 2.08. The topological polar surface area (TPSA) is 50.9 Å². The van der Waals surface area contributed by atoms with E-state index in [2.05, 4.69) is 10.1 Å². The number of aromatic nitrogens is 3. The molecule has 1 atom stereocenters. The Bertz CT molecular complexity index is 743. The predicted molar refractivity (Wildman–Crippen MR) is 78.4 cm³/mol. The predicted octanol–water partition coefficient (Wildman–Crippen LogP) is 2.61. The Morgan fingerprint density at radius 1 is 1.20 bits per heavy atom. The summed E-state index contributed by atoms with van der Waals surface area (Å²) in [5, 5.41) is 16.1. The van der Waals surface area contributed by atoms with E-state index in [1.807, 2.05) is 50.5 Å². The van der Waals surface area contributed by atoms with Crippen LogP contribution in [0.15, 0.2) is 42.7 Å². The second-order valence-corrected chi connectivity index (χ2v) is 4.88. The Morgan fingerprint density at radius 2 is 2.05 bits per heavy atom. The molecule has 0 radical (unpaired) electrons. The van der Waals surface area contributed by atoms with Crippen LogP contribution < -0.4 is 0 Å². The van der Waals surface area contributed by atoms with Gasteiger partial charge in [-0.25, -0.2) is 0 Å². The van der Waals surface area contributed by atoms with Gasteiger partial charge < -0.3 is 5.11 Å². The van der Waals surface area contributed by atoms with Gasteiger partial charge in [-0.1, -0.05) is 25.1 Å². The van der Waals surface area contributed by atoms with E-state index in [4.69, 9.17) is 0 Å².